The molecule has 2 aromatic rings. The van der Waals surface area contributed by atoms with Crippen molar-refractivity contribution in [2.24, 2.45) is 0 Å². The number of rotatable bonds is 6. The van der Waals surface area contributed by atoms with E-state index < -0.39 is 0 Å². The maximum Gasteiger partial charge on any atom is 0.323 e. The molecule has 0 spiro atoms. The zero-order valence-corrected chi connectivity index (χ0v) is 18.2. The van der Waals surface area contributed by atoms with E-state index in [-0.39, 0.29) is 11.9 Å². The summed E-state index contributed by atoms with van der Waals surface area (Å²) in [4.78, 5) is 27.7. The van der Waals surface area contributed by atoms with Crippen LogP contribution in [0.5, 0.6) is 0 Å². The fraction of sp³-hybridized carbons (Fsp3) is 0.417. The van der Waals surface area contributed by atoms with Crippen molar-refractivity contribution >= 4 is 29.0 Å². The van der Waals surface area contributed by atoms with E-state index in [0.717, 1.165) is 54.9 Å². The molecule has 0 radical (unpaired) electrons. The summed E-state index contributed by atoms with van der Waals surface area (Å²) in [6, 6.07) is 11.2. The van der Waals surface area contributed by atoms with E-state index in [1.54, 1.807) is 6.07 Å². The van der Waals surface area contributed by atoms with Crippen LogP contribution in [0, 0.1) is 13.8 Å². The largest absolute Gasteiger partial charge is 0.371 e. The van der Waals surface area contributed by atoms with Gasteiger partial charge in [0, 0.05) is 36.7 Å². The molecule has 160 valence electrons. The van der Waals surface area contributed by atoms with Crippen molar-refractivity contribution in [1.29, 1.82) is 0 Å². The molecule has 0 saturated carbocycles. The van der Waals surface area contributed by atoms with Gasteiger partial charge in [0.1, 0.15) is 0 Å². The normalized spacial score (nSPS) is 13.6. The van der Waals surface area contributed by atoms with Crippen molar-refractivity contribution in [3.8, 4) is 0 Å². The second-order valence-electron chi connectivity index (χ2n) is 7.88. The number of urea groups is 1. The molecule has 0 unspecified atom stereocenters. The Bertz CT molecular complexity index is 884. The summed E-state index contributed by atoms with van der Waals surface area (Å²) in [5.74, 6) is -0.101. The average molecular weight is 409 g/mol. The molecule has 30 heavy (non-hydrogen) atoms. The molecule has 1 saturated heterocycles. The molecule has 0 aliphatic carbocycles. The Balaban J connectivity index is 1.80. The van der Waals surface area contributed by atoms with Crippen LogP contribution >= 0.6 is 0 Å². The van der Waals surface area contributed by atoms with Gasteiger partial charge in [0.15, 0.2) is 0 Å². The topological polar surface area (TPSA) is 73.5 Å². The lowest BCUT2D eigenvalue weighted by atomic mass is 10.1. The molecule has 2 aromatic carbocycles. The minimum atomic E-state index is -0.321. The number of amides is 3. The number of aryl methyl sites for hydroxylation is 2. The maximum absolute atomic E-state index is 12.8. The van der Waals surface area contributed by atoms with Crippen LogP contribution in [0.15, 0.2) is 36.4 Å². The van der Waals surface area contributed by atoms with Crippen LogP contribution in [0.2, 0.25) is 0 Å². The summed E-state index contributed by atoms with van der Waals surface area (Å²) in [6.45, 7) is 8.49. The number of hydrogen-bond acceptors (Lipinski definition) is 3. The van der Waals surface area contributed by atoms with Crippen LogP contribution in [0.3, 0.4) is 0 Å². The molecule has 0 atom stereocenters. The molecule has 1 aliphatic rings. The van der Waals surface area contributed by atoms with Gasteiger partial charge in [-0.2, -0.15) is 0 Å². The monoisotopic (exact) mass is 408 g/mol. The van der Waals surface area contributed by atoms with Crippen LogP contribution in [0.4, 0.5) is 21.9 Å². The highest BCUT2D eigenvalue weighted by molar-refractivity contribution is 6.04. The van der Waals surface area contributed by atoms with Crippen molar-refractivity contribution in [3.63, 3.8) is 0 Å². The Kier molecular flexibility index (Phi) is 7.33. The van der Waals surface area contributed by atoms with Gasteiger partial charge in [0.05, 0.1) is 5.56 Å². The van der Waals surface area contributed by atoms with Crippen molar-refractivity contribution in [3.05, 3.63) is 53.1 Å². The third-order valence-corrected chi connectivity index (χ3v) is 5.45. The van der Waals surface area contributed by atoms with E-state index in [2.05, 4.69) is 20.9 Å². The molecular weight excluding hydrogens is 376 g/mol. The van der Waals surface area contributed by atoms with E-state index in [9.17, 15) is 9.59 Å². The molecule has 3 N–H and O–H groups in total. The first-order valence-corrected chi connectivity index (χ1v) is 10.8. The highest BCUT2D eigenvalue weighted by Gasteiger charge is 2.19. The van der Waals surface area contributed by atoms with E-state index in [0.29, 0.717) is 17.8 Å². The molecule has 1 heterocycles. The highest BCUT2D eigenvalue weighted by atomic mass is 16.2. The second kappa shape index (κ2) is 10.1. The summed E-state index contributed by atoms with van der Waals surface area (Å²) in [5.41, 5.74) is 4.96. The number of para-hydroxylation sites is 1. The van der Waals surface area contributed by atoms with E-state index in [1.807, 2.05) is 51.1 Å². The molecule has 3 rings (SSSR count). The third kappa shape index (κ3) is 5.32. The van der Waals surface area contributed by atoms with Gasteiger partial charge < -0.3 is 20.9 Å². The Morgan fingerprint density at radius 2 is 1.67 bits per heavy atom. The summed E-state index contributed by atoms with van der Waals surface area (Å²) >= 11 is 0. The quantitative estimate of drug-likeness (QED) is 0.624. The van der Waals surface area contributed by atoms with Crippen molar-refractivity contribution < 1.29 is 9.59 Å². The highest BCUT2D eigenvalue weighted by Crippen LogP contribution is 2.28. The Morgan fingerprint density at radius 3 is 2.33 bits per heavy atom. The first kappa shape index (κ1) is 21.7. The van der Waals surface area contributed by atoms with Gasteiger partial charge in [-0.15, -0.1) is 0 Å². The molecule has 1 aliphatic heterocycles. The molecule has 3 amide bonds. The molecule has 6 heteroatoms. The zero-order chi connectivity index (χ0) is 21.5. The lowest BCUT2D eigenvalue weighted by Crippen LogP contribution is -2.33. The Hall–Kier alpha value is -3.02. The summed E-state index contributed by atoms with van der Waals surface area (Å²) < 4.78 is 0. The molecule has 6 nitrogen and oxygen atoms in total. The van der Waals surface area contributed by atoms with Gasteiger partial charge in [0.25, 0.3) is 5.91 Å². The van der Waals surface area contributed by atoms with E-state index >= 15 is 0 Å². The number of nitrogens with zero attached hydrogens (tertiary/aromatic N) is 1. The number of piperidine rings is 1. The smallest absolute Gasteiger partial charge is 0.323 e. The summed E-state index contributed by atoms with van der Waals surface area (Å²) in [6.07, 6.45) is 4.37. The van der Waals surface area contributed by atoms with Crippen LogP contribution in [0.1, 0.15) is 54.1 Å². The average Bonchev–Trinajstić information content (AvgIpc) is 2.75. The summed E-state index contributed by atoms with van der Waals surface area (Å²) in [7, 11) is 0. The molecule has 0 bridgehead atoms. The fourth-order valence-electron chi connectivity index (χ4n) is 3.83. The lowest BCUT2D eigenvalue weighted by Gasteiger charge is -2.30. The van der Waals surface area contributed by atoms with Gasteiger partial charge in [-0.25, -0.2) is 4.79 Å². The predicted molar refractivity (Wildman–Crippen MR) is 124 cm³/mol. The second-order valence-corrected chi connectivity index (χ2v) is 7.88. The zero-order valence-electron chi connectivity index (χ0n) is 18.2. The van der Waals surface area contributed by atoms with Crippen LogP contribution in [-0.4, -0.2) is 31.6 Å². The van der Waals surface area contributed by atoms with Crippen LogP contribution in [0.25, 0.3) is 0 Å². The lowest BCUT2D eigenvalue weighted by molar-refractivity contribution is 0.0954. The number of carbonyl (C=O) groups is 2. The van der Waals surface area contributed by atoms with E-state index in [1.165, 1.54) is 6.42 Å². The van der Waals surface area contributed by atoms with Gasteiger partial charge in [0.2, 0.25) is 0 Å². The van der Waals surface area contributed by atoms with E-state index in [4.69, 9.17) is 0 Å². The predicted octanol–water partition coefficient (Wildman–Crippen LogP) is 5.08. The maximum atomic E-state index is 12.8. The third-order valence-electron chi connectivity index (χ3n) is 5.45. The molecular formula is C24H32N4O2. The number of anilines is 3. The van der Waals surface area contributed by atoms with Crippen molar-refractivity contribution in [2.45, 2.75) is 46.5 Å². The van der Waals surface area contributed by atoms with Crippen molar-refractivity contribution in [2.75, 3.05) is 35.2 Å². The minimum absolute atomic E-state index is 0.101. The first-order chi connectivity index (χ1) is 14.5. The fourth-order valence-corrected chi connectivity index (χ4v) is 3.83. The number of nitrogens with one attached hydrogen (secondary N) is 3. The number of carbonyl (C=O) groups excluding carboxylic acids is 2. The van der Waals surface area contributed by atoms with Gasteiger partial charge in [-0.1, -0.05) is 25.1 Å². The van der Waals surface area contributed by atoms with Gasteiger partial charge >= 0.3 is 6.03 Å². The SMILES string of the molecule is CCCNC(=O)c1cc(NC(=O)Nc2c(C)cccc2C)ccc1N1CCCCC1. The molecule has 1 fully saturated rings. The van der Waals surface area contributed by atoms with Crippen LogP contribution in [-0.2, 0) is 0 Å². The van der Waals surface area contributed by atoms with Crippen molar-refractivity contribution in [1.82, 2.24) is 5.32 Å². The van der Waals surface area contributed by atoms with Gasteiger partial charge in [-0.3, -0.25) is 4.79 Å². The number of hydrogen-bond donors (Lipinski definition) is 3. The first-order valence-electron chi connectivity index (χ1n) is 10.8. The van der Waals surface area contributed by atoms with Crippen LogP contribution < -0.4 is 20.9 Å². The standard InChI is InChI=1S/C24H32N4O2/c1-4-13-25-23(29)20-16-19(11-12-21(20)28-14-6-5-7-15-28)26-24(30)27-22-17(2)9-8-10-18(22)3/h8-12,16H,4-7,13-15H2,1-3H3,(H,25,29)(H2,26,27,30). The van der Waals surface area contributed by atoms with Gasteiger partial charge in [-0.05, 0) is 68.9 Å². The summed E-state index contributed by atoms with van der Waals surface area (Å²) in [5, 5.41) is 8.77. The Morgan fingerprint density at radius 1 is 0.967 bits per heavy atom. The minimum Gasteiger partial charge on any atom is -0.371 e. The number of benzene rings is 2. The Labute approximate surface area is 179 Å². The molecule has 0 aromatic heterocycles.